The average Bonchev–Trinajstić information content (AvgIpc) is 3.20. The molecule has 2 aromatic carbocycles. The number of carbonyl (C=O) groups is 1. The molecule has 1 amide bonds. The molecule has 28 heavy (non-hydrogen) atoms. The van der Waals surface area contributed by atoms with E-state index in [0.717, 1.165) is 55.9 Å². The maximum atomic E-state index is 12.5. The van der Waals surface area contributed by atoms with E-state index in [2.05, 4.69) is 52.5 Å². The molecule has 1 unspecified atom stereocenters. The lowest BCUT2D eigenvalue weighted by Crippen LogP contribution is -2.47. The molecule has 0 aliphatic carbocycles. The summed E-state index contributed by atoms with van der Waals surface area (Å²) in [6.45, 7) is 5.61. The predicted octanol–water partition coefficient (Wildman–Crippen LogP) is 2.73. The summed E-state index contributed by atoms with van der Waals surface area (Å²) in [6.07, 6.45) is 1.84. The molecule has 1 N–H and O–H groups in total. The fraction of sp³-hybridized carbons (Fsp3) is 0.435. The third-order valence-corrected chi connectivity index (χ3v) is 5.74. The highest BCUT2D eigenvalue weighted by Crippen LogP contribution is 2.26. The van der Waals surface area contributed by atoms with E-state index in [1.54, 1.807) is 0 Å². The number of amides is 1. The number of nitrogens with one attached hydrogen (secondary N) is 1. The van der Waals surface area contributed by atoms with E-state index >= 15 is 0 Å². The van der Waals surface area contributed by atoms with Crippen molar-refractivity contribution in [2.45, 2.75) is 18.9 Å². The van der Waals surface area contributed by atoms with E-state index in [9.17, 15) is 4.79 Å². The molecule has 1 fully saturated rings. The van der Waals surface area contributed by atoms with Crippen LogP contribution in [-0.4, -0.2) is 62.1 Å². The minimum atomic E-state index is 0.00712. The first kappa shape index (κ1) is 19.0. The van der Waals surface area contributed by atoms with Crippen molar-refractivity contribution in [2.24, 2.45) is 0 Å². The first-order chi connectivity index (χ1) is 13.7. The number of hydrogen-bond acceptors (Lipinski definition) is 4. The Labute approximate surface area is 167 Å². The molecule has 1 atom stereocenters. The largest absolute Gasteiger partial charge is 0.493 e. The summed E-state index contributed by atoms with van der Waals surface area (Å²) in [4.78, 5) is 17.4. The topological polar surface area (TPSA) is 44.8 Å². The van der Waals surface area contributed by atoms with E-state index in [4.69, 9.17) is 4.74 Å². The average molecular weight is 380 g/mol. The second-order valence-electron chi connectivity index (χ2n) is 7.76. The van der Waals surface area contributed by atoms with Gasteiger partial charge < -0.3 is 15.0 Å². The maximum absolute atomic E-state index is 12.5. The molecule has 0 aromatic heterocycles. The highest BCUT2D eigenvalue weighted by Gasteiger charge is 2.26. The highest BCUT2D eigenvalue weighted by atomic mass is 16.5. The summed E-state index contributed by atoms with van der Waals surface area (Å²) in [7, 11) is 2.19. The van der Waals surface area contributed by atoms with Gasteiger partial charge in [0.1, 0.15) is 5.75 Å². The molecule has 2 aromatic rings. The third-order valence-electron chi connectivity index (χ3n) is 5.74. The summed E-state index contributed by atoms with van der Waals surface area (Å²) >= 11 is 0. The van der Waals surface area contributed by atoms with Crippen LogP contribution in [0.25, 0.3) is 0 Å². The molecule has 2 aliphatic rings. The Morgan fingerprint density at radius 3 is 2.89 bits per heavy atom. The molecule has 0 spiro atoms. The van der Waals surface area contributed by atoms with Gasteiger partial charge >= 0.3 is 0 Å². The zero-order valence-electron chi connectivity index (χ0n) is 16.6. The van der Waals surface area contributed by atoms with Crippen molar-refractivity contribution in [1.29, 1.82) is 0 Å². The number of nitrogens with zero attached hydrogens (tertiary/aromatic N) is 2. The zero-order chi connectivity index (χ0) is 19.3. The van der Waals surface area contributed by atoms with Crippen molar-refractivity contribution in [3.05, 3.63) is 65.2 Å². The van der Waals surface area contributed by atoms with Gasteiger partial charge in [-0.25, -0.2) is 0 Å². The number of likely N-dealkylation sites (N-methyl/N-ethyl adjacent to an activating group) is 1. The monoisotopic (exact) mass is 379 g/mol. The lowest BCUT2D eigenvalue weighted by molar-refractivity contribution is 0.0866. The van der Waals surface area contributed by atoms with Crippen LogP contribution in [0.1, 0.15) is 33.9 Å². The van der Waals surface area contributed by atoms with Gasteiger partial charge in [0.2, 0.25) is 0 Å². The van der Waals surface area contributed by atoms with Crippen molar-refractivity contribution >= 4 is 5.91 Å². The third kappa shape index (κ3) is 4.37. The summed E-state index contributed by atoms with van der Waals surface area (Å²) in [5.74, 6) is 0.922. The van der Waals surface area contributed by atoms with Gasteiger partial charge in [0.15, 0.2) is 0 Å². The molecule has 2 heterocycles. The molecule has 0 saturated carbocycles. The molecule has 0 bridgehead atoms. The lowest BCUT2D eigenvalue weighted by atomic mass is 10.0. The summed E-state index contributed by atoms with van der Waals surface area (Å²) in [5, 5.41) is 3.08. The van der Waals surface area contributed by atoms with Gasteiger partial charge in [-0.05, 0) is 42.8 Å². The van der Waals surface area contributed by atoms with Crippen molar-refractivity contribution in [1.82, 2.24) is 15.1 Å². The first-order valence-corrected chi connectivity index (χ1v) is 10.2. The van der Waals surface area contributed by atoms with E-state index in [1.165, 1.54) is 5.56 Å². The van der Waals surface area contributed by atoms with Crippen LogP contribution in [0, 0.1) is 0 Å². The fourth-order valence-corrected chi connectivity index (χ4v) is 4.13. The Morgan fingerprint density at radius 1 is 1.18 bits per heavy atom. The number of fused-ring (bicyclic) bond motifs is 1. The van der Waals surface area contributed by atoms with Crippen molar-refractivity contribution in [2.75, 3.05) is 46.4 Å². The van der Waals surface area contributed by atoms with Crippen LogP contribution in [0.3, 0.4) is 0 Å². The van der Waals surface area contributed by atoms with Gasteiger partial charge in [0, 0.05) is 50.7 Å². The van der Waals surface area contributed by atoms with Gasteiger partial charge in [0.05, 0.1) is 6.61 Å². The zero-order valence-corrected chi connectivity index (χ0v) is 16.6. The molecular weight excluding hydrogens is 350 g/mol. The first-order valence-electron chi connectivity index (χ1n) is 10.2. The highest BCUT2D eigenvalue weighted by molar-refractivity contribution is 5.94. The van der Waals surface area contributed by atoms with Crippen LogP contribution in [-0.2, 0) is 6.42 Å². The molecule has 148 valence electrons. The van der Waals surface area contributed by atoms with E-state index in [0.29, 0.717) is 19.2 Å². The van der Waals surface area contributed by atoms with Gasteiger partial charge in [-0.2, -0.15) is 0 Å². The maximum Gasteiger partial charge on any atom is 0.251 e. The Bertz CT molecular complexity index is 809. The fourth-order valence-electron chi connectivity index (χ4n) is 4.13. The van der Waals surface area contributed by atoms with Gasteiger partial charge in [-0.3, -0.25) is 9.69 Å². The Hall–Kier alpha value is -2.37. The molecule has 5 nitrogen and oxygen atoms in total. The predicted molar refractivity (Wildman–Crippen MR) is 111 cm³/mol. The smallest absolute Gasteiger partial charge is 0.251 e. The minimum Gasteiger partial charge on any atom is -0.493 e. The summed E-state index contributed by atoms with van der Waals surface area (Å²) in [6, 6.07) is 16.9. The van der Waals surface area contributed by atoms with Gasteiger partial charge in [-0.1, -0.05) is 30.3 Å². The van der Waals surface area contributed by atoms with Crippen molar-refractivity contribution in [3.8, 4) is 5.75 Å². The van der Waals surface area contributed by atoms with Crippen LogP contribution in [0.4, 0.5) is 0 Å². The second-order valence-corrected chi connectivity index (χ2v) is 7.76. The van der Waals surface area contributed by atoms with Crippen molar-refractivity contribution < 1.29 is 9.53 Å². The standard InChI is InChI=1S/C23H29N3O2/c1-25-13-14-26(21(17-25)18-6-3-2-4-7-18)12-5-11-24-23(27)20-8-9-22-19(16-20)10-15-28-22/h2-4,6-9,16,21H,5,10-15,17H2,1H3,(H,24,27). The SMILES string of the molecule is CN1CCN(CCCNC(=O)c2ccc3c(c2)CCO3)C(c2ccccc2)C1. The summed E-state index contributed by atoms with van der Waals surface area (Å²) in [5.41, 5.74) is 3.24. The number of piperazine rings is 1. The number of hydrogen-bond donors (Lipinski definition) is 1. The number of carbonyl (C=O) groups excluding carboxylic acids is 1. The lowest BCUT2D eigenvalue weighted by Gasteiger charge is -2.40. The van der Waals surface area contributed by atoms with E-state index in [1.807, 2.05) is 18.2 Å². The number of benzene rings is 2. The minimum absolute atomic E-state index is 0.00712. The van der Waals surface area contributed by atoms with Gasteiger partial charge in [0.25, 0.3) is 5.91 Å². The van der Waals surface area contributed by atoms with Crippen LogP contribution >= 0.6 is 0 Å². The number of rotatable bonds is 6. The van der Waals surface area contributed by atoms with Gasteiger partial charge in [-0.15, -0.1) is 0 Å². The molecule has 5 heteroatoms. The molecule has 0 radical (unpaired) electrons. The Balaban J connectivity index is 1.28. The molecule has 4 rings (SSSR count). The molecule has 2 aliphatic heterocycles. The Kier molecular flexibility index (Phi) is 5.93. The van der Waals surface area contributed by atoms with Crippen LogP contribution < -0.4 is 10.1 Å². The van der Waals surface area contributed by atoms with Crippen LogP contribution in [0.2, 0.25) is 0 Å². The van der Waals surface area contributed by atoms with E-state index < -0.39 is 0 Å². The van der Waals surface area contributed by atoms with E-state index in [-0.39, 0.29) is 5.91 Å². The second kappa shape index (κ2) is 8.76. The Morgan fingerprint density at radius 2 is 2.04 bits per heavy atom. The molecular formula is C23H29N3O2. The summed E-state index contributed by atoms with van der Waals surface area (Å²) < 4.78 is 5.51. The normalized spacial score (nSPS) is 19.8. The quantitative estimate of drug-likeness (QED) is 0.784. The van der Waals surface area contributed by atoms with Crippen LogP contribution in [0.15, 0.2) is 48.5 Å². The number of ether oxygens (including phenoxy) is 1. The molecule has 1 saturated heterocycles. The van der Waals surface area contributed by atoms with Crippen molar-refractivity contribution in [3.63, 3.8) is 0 Å². The van der Waals surface area contributed by atoms with Crippen LogP contribution in [0.5, 0.6) is 5.75 Å².